The Bertz CT molecular complexity index is 1060. The summed E-state index contributed by atoms with van der Waals surface area (Å²) in [5, 5.41) is 2.95. The van der Waals surface area contributed by atoms with Gasteiger partial charge in [-0.3, -0.25) is 4.79 Å². The van der Waals surface area contributed by atoms with Crippen molar-refractivity contribution in [1.29, 1.82) is 0 Å². The summed E-state index contributed by atoms with van der Waals surface area (Å²) in [5.41, 5.74) is 3.62. The molecular formula is C23H24FN3O2. The lowest BCUT2D eigenvalue weighted by molar-refractivity contribution is 0.102. The zero-order chi connectivity index (χ0) is 20.4. The summed E-state index contributed by atoms with van der Waals surface area (Å²) in [5.74, 6) is 0.647. The fourth-order valence-electron chi connectivity index (χ4n) is 3.85. The van der Waals surface area contributed by atoms with E-state index in [2.05, 4.69) is 14.9 Å². The van der Waals surface area contributed by atoms with Crippen molar-refractivity contribution in [3.8, 4) is 17.1 Å². The van der Waals surface area contributed by atoms with E-state index in [0.29, 0.717) is 28.5 Å². The lowest BCUT2D eigenvalue weighted by Crippen LogP contribution is -2.16. The molecule has 0 atom stereocenters. The largest absolute Gasteiger partial charge is 0.495 e. The number of ether oxygens (including phenoxy) is 1. The predicted octanol–water partition coefficient (Wildman–Crippen LogP) is 4.98. The highest BCUT2D eigenvalue weighted by Crippen LogP contribution is 2.30. The molecule has 0 saturated carbocycles. The van der Waals surface area contributed by atoms with Crippen molar-refractivity contribution >= 4 is 11.6 Å². The summed E-state index contributed by atoms with van der Waals surface area (Å²) in [6.07, 6.45) is 3.88. The highest BCUT2D eigenvalue weighted by Gasteiger charge is 2.25. The molecule has 0 aliphatic carbocycles. The van der Waals surface area contributed by atoms with Crippen LogP contribution in [-0.4, -0.2) is 22.6 Å². The fraction of sp³-hybridized carbons (Fsp3) is 0.304. The zero-order valence-corrected chi connectivity index (χ0v) is 16.7. The van der Waals surface area contributed by atoms with Crippen LogP contribution in [0.4, 0.5) is 10.1 Å². The average molecular weight is 393 g/mol. The Kier molecular flexibility index (Phi) is 5.34. The van der Waals surface area contributed by atoms with E-state index in [9.17, 15) is 9.18 Å². The summed E-state index contributed by atoms with van der Waals surface area (Å²) in [6.45, 7) is 2.73. The van der Waals surface area contributed by atoms with Crippen LogP contribution >= 0.6 is 0 Å². The van der Waals surface area contributed by atoms with Gasteiger partial charge in [0, 0.05) is 12.1 Å². The van der Waals surface area contributed by atoms with Crippen LogP contribution in [0.3, 0.4) is 0 Å². The number of aromatic nitrogens is 2. The number of nitrogens with zero attached hydrogens (tertiary/aromatic N) is 2. The van der Waals surface area contributed by atoms with Gasteiger partial charge >= 0.3 is 0 Å². The second-order valence-corrected chi connectivity index (χ2v) is 7.36. The van der Waals surface area contributed by atoms with Crippen molar-refractivity contribution < 1.29 is 13.9 Å². The van der Waals surface area contributed by atoms with Gasteiger partial charge in [-0.15, -0.1) is 0 Å². The molecule has 0 radical (unpaired) electrons. The summed E-state index contributed by atoms with van der Waals surface area (Å²) in [7, 11) is 1.57. The standard InChI is InChI=1S/C23H24FN3O2/c1-15-10-11-20(29-2)18(13-15)25-23(28)21-19-9-4-3-5-12-27(19)22(26-21)16-7-6-8-17(24)14-16/h6-8,10-11,13-14H,3-5,9,12H2,1-2H3,(H,25,28). The molecule has 1 amide bonds. The van der Waals surface area contributed by atoms with Gasteiger partial charge in [0.1, 0.15) is 23.1 Å². The molecule has 1 aliphatic heterocycles. The van der Waals surface area contributed by atoms with Crippen molar-refractivity contribution in [2.45, 2.75) is 39.2 Å². The number of anilines is 1. The molecule has 2 aromatic carbocycles. The number of hydrogen-bond donors (Lipinski definition) is 1. The van der Waals surface area contributed by atoms with Crippen molar-refractivity contribution in [2.24, 2.45) is 0 Å². The van der Waals surface area contributed by atoms with Gasteiger partial charge in [0.25, 0.3) is 5.91 Å². The highest BCUT2D eigenvalue weighted by molar-refractivity contribution is 6.05. The quantitative estimate of drug-likeness (QED) is 0.680. The van der Waals surface area contributed by atoms with Crippen LogP contribution < -0.4 is 10.1 Å². The molecule has 0 unspecified atom stereocenters. The SMILES string of the molecule is COc1ccc(C)cc1NC(=O)c1nc(-c2cccc(F)c2)n2c1CCCCC2. The third-order valence-electron chi connectivity index (χ3n) is 5.27. The van der Waals surface area contributed by atoms with Crippen LogP contribution in [0.2, 0.25) is 0 Å². The zero-order valence-electron chi connectivity index (χ0n) is 16.7. The molecular weight excluding hydrogens is 369 g/mol. The molecule has 1 aromatic heterocycles. The third kappa shape index (κ3) is 3.88. The number of amides is 1. The maximum Gasteiger partial charge on any atom is 0.276 e. The Morgan fingerprint density at radius 3 is 2.83 bits per heavy atom. The molecule has 1 N–H and O–H groups in total. The number of methoxy groups -OCH3 is 1. The first-order valence-corrected chi connectivity index (χ1v) is 9.88. The normalized spacial score (nSPS) is 13.5. The predicted molar refractivity (Wildman–Crippen MR) is 111 cm³/mol. The number of aryl methyl sites for hydroxylation is 1. The van der Waals surface area contributed by atoms with Gasteiger partial charge in [-0.25, -0.2) is 9.37 Å². The van der Waals surface area contributed by atoms with Crippen LogP contribution in [0, 0.1) is 12.7 Å². The Morgan fingerprint density at radius 1 is 1.17 bits per heavy atom. The Morgan fingerprint density at radius 2 is 2.03 bits per heavy atom. The van der Waals surface area contributed by atoms with E-state index in [1.165, 1.54) is 12.1 Å². The van der Waals surface area contributed by atoms with Crippen LogP contribution in [0.1, 0.15) is 41.0 Å². The third-order valence-corrected chi connectivity index (χ3v) is 5.27. The van der Waals surface area contributed by atoms with E-state index < -0.39 is 0 Å². The van der Waals surface area contributed by atoms with Crippen LogP contribution in [-0.2, 0) is 13.0 Å². The van der Waals surface area contributed by atoms with Gasteiger partial charge in [-0.2, -0.15) is 0 Å². The molecule has 2 heterocycles. The van der Waals surface area contributed by atoms with Crippen LogP contribution in [0.15, 0.2) is 42.5 Å². The minimum absolute atomic E-state index is 0.276. The number of carbonyl (C=O) groups is 1. The summed E-state index contributed by atoms with van der Waals surface area (Å²) >= 11 is 0. The number of imidazole rings is 1. The second-order valence-electron chi connectivity index (χ2n) is 7.36. The molecule has 6 heteroatoms. The molecule has 4 rings (SSSR count). The lowest BCUT2D eigenvalue weighted by Gasteiger charge is -2.11. The fourth-order valence-corrected chi connectivity index (χ4v) is 3.85. The molecule has 0 saturated heterocycles. The average Bonchev–Trinajstić information content (AvgIpc) is 2.89. The molecule has 1 aliphatic rings. The first-order chi connectivity index (χ1) is 14.1. The van der Waals surface area contributed by atoms with Crippen molar-refractivity contribution in [2.75, 3.05) is 12.4 Å². The molecule has 0 bridgehead atoms. The van der Waals surface area contributed by atoms with Crippen molar-refractivity contribution in [1.82, 2.24) is 9.55 Å². The Hall–Kier alpha value is -3.15. The van der Waals surface area contributed by atoms with E-state index in [4.69, 9.17) is 4.74 Å². The van der Waals surface area contributed by atoms with E-state index in [1.54, 1.807) is 13.2 Å². The Labute approximate surface area is 169 Å². The van der Waals surface area contributed by atoms with Gasteiger partial charge in [0.2, 0.25) is 0 Å². The molecule has 3 aromatic rings. The van der Waals surface area contributed by atoms with E-state index >= 15 is 0 Å². The number of hydrogen-bond acceptors (Lipinski definition) is 3. The van der Waals surface area contributed by atoms with Gasteiger partial charge in [0.15, 0.2) is 0 Å². The van der Waals surface area contributed by atoms with Crippen molar-refractivity contribution in [3.63, 3.8) is 0 Å². The lowest BCUT2D eigenvalue weighted by atomic mass is 10.1. The first kappa shape index (κ1) is 19.2. The van der Waals surface area contributed by atoms with E-state index in [-0.39, 0.29) is 11.7 Å². The number of benzene rings is 2. The number of carbonyl (C=O) groups excluding carboxylic acids is 1. The second kappa shape index (κ2) is 8.07. The van der Waals surface area contributed by atoms with E-state index in [1.807, 2.05) is 31.2 Å². The first-order valence-electron chi connectivity index (χ1n) is 9.88. The van der Waals surface area contributed by atoms with Gasteiger partial charge < -0.3 is 14.6 Å². The number of halogens is 1. The number of rotatable bonds is 4. The topological polar surface area (TPSA) is 56.1 Å². The van der Waals surface area contributed by atoms with Gasteiger partial charge in [0.05, 0.1) is 18.5 Å². The minimum atomic E-state index is -0.316. The maximum absolute atomic E-state index is 13.8. The summed E-state index contributed by atoms with van der Waals surface area (Å²) < 4.78 is 21.3. The Balaban J connectivity index is 1.76. The molecule has 150 valence electrons. The molecule has 29 heavy (non-hydrogen) atoms. The highest BCUT2D eigenvalue weighted by atomic mass is 19.1. The van der Waals surface area contributed by atoms with Gasteiger partial charge in [-0.05, 0) is 56.0 Å². The molecule has 0 spiro atoms. The maximum atomic E-state index is 13.8. The van der Waals surface area contributed by atoms with Crippen LogP contribution in [0.5, 0.6) is 5.75 Å². The van der Waals surface area contributed by atoms with E-state index in [0.717, 1.165) is 43.5 Å². The monoisotopic (exact) mass is 393 g/mol. The molecule has 0 fully saturated rings. The van der Waals surface area contributed by atoms with Crippen molar-refractivity contribution in [3.05, 3.63) is 65.2 Å². The number of nitrogens with one attached hydrogen (secondary N) is 1. The summed E-state index contributed by atoms with van der Waals surface area (Å²) in [6, 6.07) is 12.0. The number of fused-ring (bicyclic) bond motifs is 1. The smallest absolute Gasteiger partial charge is 0.276 e. The molecule has 5 nitrogen and oxygen atoms in total. The minimum Gasteiger partial charge on any atom is -0.495 e. The summed E-state index contributed by atoms with van der Waals surface area (Å²) in [4.78, 5) is 17.8. The van der Waals surface area contributed by atoms with Gasteiger partial charge in [-0.1, -0.05) is 24.6 Å². The van der Waals surface area contributed by atoms with Crippen LogP contribution in [0.25, 0.3) is 11.4 Å².